The van der Waals surface area contributed by atoms with Crippen molar-refractivity contribution in [3.63, 3.8) is 0 Å². The normalized spacial score (nSPS) is 31.7. The van der Waals surface area contributed by atoms with E-state index in [4.69, 9.17) is 5.73 Å². The van der Waals surface area contributed by atoms with Gasteiger partial charge in [0.15, 0.2) is 0 Å². The summed E-state index contributed by atoms with van der Waals surface area (Å²) < 4.78 is 23.8. The number of amides is 1. The third-order valence-electron chi connectivity index (χ3n) is 3.06. The lowest BCUT2D eigenvalue weighted by molar-refractivity contribution is -0.127. The van der Waals surface area contributed by atoms with Crippen molar-refractivity contribution in [3.8, 4) is 0 Å². The first kappa shape index (κ1) is 12.4. The van der Waals surface area contributed by atoms with Crippen molar-refractivity contribution in [1.82, 2.24) is 5.32 Å². The van der Waals surface area contributed by atoms with Crippen molar-refractivity contribution in [2.24, 2.45) is 17.6 Å². The fourth-order valence-corrected chi connectivity index (χ4v) is 2.06. The average Bonchev–Trinajstić information content (AvgIpc) is 2.18. The zero-order valence-corrected chi connectivity index (χ0v) is 8.88. The summed E-state index contributed by atoms with van der Waals surface area (Å²) in [4.78, 5) is 11.5. The Kier molecular flexibility index (Phi) is 4.45. The molecule has 3 atom stereocenters. The summed E-state index contributed by atoms with van der Waals surface area (Å²) in [6.07, 6.45) is 0.174. The topological polar surface area (TPSA) is 55.1 Å². The summed E-state index contributed by atoms with van der Waals surface area (Å²) in [5.41, 5.74) is 5.88. The molecular formula is C10H18F2N2O. The van der Waals surface area contributed by atoms with E-state index in [2.05, 4.69) is 5.32 Å². The maximum absolute atomic E-state index is 11.9. The van der Waals surface area contributed by atoms with Crippen LogP contribution in [0.4, 0.5) is 8.78 Å². The largest absolute Gasteiger partial charge is 0.350 e. The molecule has 3 N–H and O–H groups in total. The Morgan fingerprint density at radius 3 is 2.80 bits per heavy atom. The first-order valence-corrected chi connectivity index (χ1v) is 5.33. The molecule has 0 aromatic rings. The van der Waals surface area contributed by atoms with Crippen LogP contribution in [-0.4, -0.2) is 24.9 Å². The van der Waals surface area contributed by atoms with Crippen LogP contribution in [-0.2, 0) is 4.79 Å². The van der Waals surface area contributed by atoms with Crippen molar-refractivity contribution < 1.29 is 13.6 Å². The number of halogens is 2. The van der Waals surface area contributed by atoms with Crippen molar-refractivity contribution in [2.45, 2.75) is 38.7 Å². The molecule has 1 fully saturated rings. The van der Waals surface area contributed by atoms with Crippen LogP contribution >= 0.6 is 0 Å². The molecule has 15 heavy (non-hydrogen) atoms. The standard InChI is InChI=1S/C10H18F2N2O/c1-6-3-2-4-7(9(6)13)10(15)14-5-8(11)12/h6-9H,2-5,13H2,1H3,(H,14,15). The first-order valence-electron chi connectivity index (χ1n) is 5.33. The van der Waals surface area contributed by atoms with Gasteiger partial charge < -0.3 is 11.1 Å². The van der Waals surface area contributed by atoms with E-state index in [0.717, 1.165) is 12.8 Å². The number of carbonyl (C=O) groups excluding carboxylic acids is 1. The van der Waals surface area contributed by atoms with Gasteiger partial charge in [-0.3, -0.25) is 4.79 Å². The molecule has 1 amide bonds. The van der Waals surface area contributed by atoms with Gasteiger partial charge in [0.05, 0.1) is 12.5 Å². The number of nitrogens with one attached hydrogen (secondary N) is 1. The highest BCUT2D eigenvalue weighted by Crippen LogP contribution is 2.27. The summed E-state index contributed by atoms with van der Waals surface area (Å²) in [6, 6.07) is -0.198. The molecule has 3 nitrogen and oxygen atoms in total. The predicted octanol–water partition coefficient (Wildman–Crippen LogP) is 1.13. The predicted molar refractivity (Wildman–Crippen MR) is 53.5 cm³/mol. The minimum atomic E-state index is -2.49. The van der Waals surface area contributed by atoms with E-state index in [1.54, 1.807) is 0 Å². The molecule has 3 unspecified atom stereocenters. The fourth-order valence-electron chi connectivity index (χ4n) is 2.06. The lowest BCUT2D eigenvalue weighted by atomic mass is 9.78. The molecule has 0 heterocycles. The van der Waals surface area contributed by atoms with Gasteiger partial charge in [-0.05, 0) is 18.8 Å². The molecule has 0 radical (unpaired) electrons. The molecule has 0 saturated heterocycles. The van der Waals surface area contributed by atoms with Gasteiger partial charge in [0, 0.05) is 6.04 Å². The zero-order chi connectivity index (χ0) is 11.4. The van der Waals surface area contributed by atoms with E-state index in [-0.39, 0.29) is 17.9 Å². The summed E-state index contributed by atoms with van der Waals surface area (Å²) >= 11 is 0. The van der Waals surface area contributed by atoms with Gasteiger partial charge in [0.2, 0.25) is 5.91 Å². The Labute approximate surface area is 88.4 Å². The Balaban J connectivity index is 2.43. The summed E-state index contributed by atoms with van der Waals surface area (Å²) in [7, 11) is 0. The molecule has 88 valence electrons. The number of hydrogen-bond donors (Lipinski definition) is 2. The SMILES string of the molecule is CC1CCCC(C(=O)NCC(F)F)C1N. The van der Waals surface area contributed by atoms with Crippen LogP contribution in [0.2, 0.25) is 0 Å². The highest BCUT2D eigenvalue weighted by atomic mass is 19.3. The second-order valence-electron chi connectivity index (χ2n) is 4.23. The molecule has 0 aromatic carbocycles. The first-order chi connectivity index (χ1) is 7.02. The maximum Gasteiger partial charge on any atom is 0.255 e. The third-order valence-corrected chi connectivity index (χ3v) is 3.06. The second-order valence-corrected chi connectivity index (χ2v) is 4.23. The van der Waals surface area contributed by atoms with Gasteiger partial charge >= 0.3 is 0 Å². The monoisotopic (exact) mass is 220 g/mol. The van der Waals surface area contributed by atoms with Crippen LogP contribution in [0, 0.1) is 11.8 Å². The molecule has 0 bridgehead atoms. The highest BCUT2D eigenvalue weighted by Gasteiger charge is 2.32. The van der Waals surface area contributed by atoms with Crippen LogP contribution in [0.15, 0.2) is 0 Å². The molecule has 0 aromatic heterocycles. The van der Waals surface area contributed by atoms with Crippen molar-refractivity contribution >= 4 is 5.91 Å². The Bertz CT molecular complexity index is 223. The van der Waals surface area contributed by atoms with E-state index < -0.39 is 13.0 Å². The van der Waals surface area contributed by atoms with Gasteiger partial charge in [-0.1, -0.05) is 13.3 Å². The Morgan fingerprint density at radius 1 is 1.53 bits per heavy atom. The lowest BCUT2D eigenvalue weighted by Gasteiger charge is -2.32. The van der Waals surface area contributed by atoms with Gasteiger partial charge in [-0.2, -0.15) is 0 Å². The van der Waals surface area contributed by atoms with E-state index in [0.29, 0.717) is 12.3 Å². The van der Waals surface area contributed by atoms with Crippen molar-refractivity contribution in [3.05, 3.63) is 0 Å². The molecule has 1 rings (SSSR count). The smallest absolute Gasteiger partial charge is 0.255 e. The molecular weight excluding hydrogens is 202 g/mol. The van der Waals surface area contributed by atoms with E-state index in [9.17, 15) is 13.6 Å². The van der Waals surface area contributed by atoms with E-state index in [1.165, 1.54) is 0 Å². The maximum atomic E-state index is 11.9. The molecule has 1 aliphatic carbocycles. The molecule has 0 spiro atoms. The lowest BCUT2D eigenvalue weighted by Crippen LogP contribution is -2.48. The molecule has 0 aliphatic heterocycles. The molecule has 1 saturated carbocycles. The number of rotatable bonds is 3. The quantitative estimate of drug-likeness (QED) is 0.749. The van der Waals surface area contributed by atoms with E-state index >= 15 is 0 Å². The second kappa shape index (κ2) is 5.39. The van der Waals surface area contributed by atoms with E-state index in [1.807, 2.05) is 6.92 Å². The highest BCUT2D eigenvalue weighted by molar-refractivity contribution is 5.79. The molecule has 5 heteroatoms. The van der Waals surface area contributed by atoms with Crippen molar-refractivity contribution in [2.75, 3.05) is 6.54 Å². The summed E-state index contributed by atoms with van der Waals surface area (Å²) in [6.45, 7) is 1.42. The zero-order valence-electron chi connectivity index (χ0n) is 8.88. The van der Waals surface area contributed by atoms with Gasteiger partial charge in [0.25, 0.3) is 6.43 Å². The third kappa shape index (κ3) is 3.41. The van der Waals surface area contributed by atoms with Gasteiger partial charge in [-0.25, -0.2) is 8.78 Å². The summed E-state index contributed by atoms with van der Waals surface area (Å²) in [5, 5.41) is 2.23. The van der Waals surface area contributed by atoms with Crippen molar-refractivity contribution in [1.29, 1.82) is 0 Å². The number of hydrogen-bond acceptors (Lipinski definition) is 2. The van der Waals surface area contributed by atoms with Gasteiger partial charge in [-0.15, -0.1) is 0 Å². The van der Waals surface area contributed by atoms with Crippen LogP contribution < -0.4 is 11.1 Å². The Hall–Kier alpha value is -0.710. The van der Waals surface area contributed by atoms with Crippen LogP contribution in [0.5, 0.6) is 0 Å². The number of alkyl halides is 2. The summed E-state index contributed by atoms with van der Waals surface area (Å²) in [5.74, 6) is -0.331. The van der Waals surface area contributed by atoms with Crippen LogP contribution in [0.25, 0.3) is 0 Å². The average molecular weight is 220 g/mol. The Morgan fingerprint density at radius 2 is 2.20 bits per heavy atom. The number of nitrogens with two attached hydrogens (primary N) is 1. The minimum Gasteiger partial charge on any atom is -0.350 e. The number of carbonyl (C=O) groups is 1. The molecule has 1 aliphatic rings. The van der Waals surface area contributed by atoms with Gasteiger partial charge in [0.1, 0.15) is 0 Å². The van der Waals surface area contributed by atoms with Crippen LogP contribution in [0.3, 0.4) is 0 Å². The minimum absolute atomic E-state index is 0.198. The van der Waals surface area contributed by atoms with Crippen LogP contribution in [0.1, 0.15) is 26.2 Å². The fraction of sp³-hybridized carbons (Fsp3) is 0.900.